The summed E-state index contributed by atoms with van der Waals surface area (Å²) >= 11 is 0. The summed E-state index contributed by atoms with van der Waals surface area (Å²) in [5.41, 5.74) is 1.30. The molecule has 3 rings (SSSR count). The predicted molar refractivity (Wildman–Crippen MR) is 79.3 cm³/mol. The summed E-state index contributed by atoms with van der Waals surface area (Å²) in [4.78, 5) is 2.62. The van der Waals surface area contributed by atoms with E-state index in [1.807, 2.05) is 6.07 Å². The quantitative estimate of drug-likeness (QED) is 0.890. The van der Waals surface area contributed by atoms with E-state index in [9.17, 15) is 0 Å². The van der Waals surface area contributed by atoms with Gasteiger partial charge in [-0.15, -0.1) is 0 Å². The lowest BCUT2D eigenvalue weighted by Gasteiger charge is -2.36. The number of benzene rings is 1. The predicted octanol–water partition coefficient (Wildman–Crippen LogP) is 1.89. The second-order valence-electron chi connectivity index (χ2n) is 5.77. The molecule has 0 radical (unpaired) electrons. The standard InChI is InChI=1S/C16H24N2O2/c1-19-15-6-3-12(9-16(15)20-2)11-18-8-7-17-10-14(18)13-4-5-13/h3,6,9,13-14,17H,4-5,7-8,10-11H2,1-2H3. The van der Waals surface area contributed by atoms with E-state index in [4.69, 9.17) is 9.47 Å². The summed E-state index contributed by atoms with van der Waals surface area (Å²) in [5.74, 6) is 2.53. The first-order valence-corrected chi connectivity index (χ1v) is 7.47. The number of rotatable bonds is 5. The van der Waals surface area contributed by atoms with Crippen LogP contribution in [-0.2, 0) is 6.54 Å². The third-order valence-corrected chi connectivity index (χ3v) is 4.40. The maximum atomic E-state index is 5.40. The third kappa shape index (κ3) is 2.91. The van der Waals surface area contributed by atoms with Gasteiger partial charge >= 0.3 is 0 Å². The fourth-order valence-corrected chi connectivity index (χ4v) is 3.12. The van der Waals surface area contributed by atoms with Crippen LogP contribution in [0, 0.1) is 5.92 Å². The first-order valence-electron chi connectivity index (χ1n) is 7.47. The van der Waals surface area contributed by atoms with Gasteiger partial charge in [0, 0.05) is 32.2 Å². The first-order chi connectivity index (χ1) is 9.81. The maximum absolute atomic E-state index is 5.40. The fraction of sp³-hybridized carbons (Fsp3) is 0.625. The van der Waals surface area contributed by atoms with Gasteiger partial charge in [0.15, 0.2) is 11.5 Å². The molecule has 4 nitrogen and oxygen atoms in total. The molecule has 1 heterocycles. The molecule has 1 aliphatic heterocycles. The second-order valence-corrected chi connectivity index (χ2v) is 5.77. The fourth-order valence-electron chi connectivity index (χ4n) is 3.12. The number of hydrogen-bond donors (Lipinski definition) is 1. The zero-order valence-electron chi connectivity index (χ0n) is 12.4. The van der Waals surface area contributed by atoms with Crippen LogP contribution in [0.5, 0.6) is 11.5 Å². The average molecular weight is 276 g/mol. The van der Waals surface area contributed by atoms with Crippen LogP contribution in [0.2, 0.25) is 0 Å². The Morgan fingerprint density at radius 1 is 1.20 bits per heavy atom. The number of nitrogens with one attached hydrogen (secondary N) is 1. The minimum absolute atomic E-state index is 0.705. The third-order valence-electron chi connectivity index (χ3n) is 4.40. The van der Waals surface area contributed by atoms with E-state index >= 15 is 0 Å². The van der Waals surface area contributed by atoms with E-state index in [1.165, 1.54) is 18.4 Å². The molecule has 1 N–H and O–H groups in total. The van der Waals surface area contributed by atoms with Crippen molar-refractivity contribution in [3.8, 4) is 11.5 Å². The van der Waals surface area contributed by atoms with Gasteiger partial charge in [0.05, 0.1) is 14.2 Å². The van der Waals surface area contributed by atoms with Crippen LogP contribution in [0.4, 0.5) is 0 Å². The molecule has 1 aliphatic carbocycles. The van der Waals surface area contributed by atoms with Gasteiger partial charge in [0.2, 0.25) is 0 Å². The average Bonchev–Trinajstić information content (AvgIpc) is 3.32. The highest BCUT2D eigenvalue weighted by Crippen LogP contribution is 2.36. The Balaban J connectivity index is 1.72. The zero-order chi connectivity index (χ0) is 13.9. The second kappa shape index (κ2) is 6.02. The van der Waals surface area contributed by atoms with Crippen LogP contribution in [0.15, 0.2) is 18.2 Å². The Labute approximate surface area is 121 Å². The molecule has 20 heavy (non-hydrogen) atoms. The molecule has 1 saturated heterocycles. The highest BCUT2D eigenvalue weighted by atomic mass is 16.5. The maximum Gasteiger partial charge on any atom is 0.161 e. The summed E-state index contributed by atoms with van der Waals surface area (Å²) in [5, 5.41) is 3.53. The van der Waals surface area contributed by atoms with Crippen LogP contribution in [0.1, 0.15) is 18.4 Å². The Bertz CT molecular complexity index is 460. The highest BCUT2D eigenvalue weighted by Gasteiger charge is 2.36. The van der Waals surface area contributed by atoms with Gasteiger partial charge in [0.25, 0.3) is 0 Å². The minimum Gasteiger partial charge on any atom is -0.493 e. The number of hydrogen-bond acceptors (Lipinski definition) is 4. The van der Waals surface area contributed by atoms with Crippen LogP contribution in [-0.4, -0.2) is 44.8 Å². The Hall–Kier alpha value is -1.26. The smallest absolute Gasteiger partial charge is 0.161 e. The van der Waals surface area contributed by atoms with Gasteiger partial charge in [-0.1, -0.05) is 6.07 Å². The minimum atomic E-state index is 0.705. The molecule has 0 amide bonds. The van der Waals surface area contributed by atoms with E-state index in [0.717, 1.165) is 43.6 Å². The Morgan fingerprint density at radius 2 is 2.00 bits per heavy atom. The molecular weight excluding hydrogens is 252 g/mol. The molecule has 1 aromatic rings. The van der Waals surface area contributed by atoms with E-state index in [-0.39, 0.29) is 0 Å². The van der Waals surface area contributed by atoms with Gasteiger partial charge in [0.1, 0.15) is 0 Å². The van der Waals surface area contributed by atoms with E-state index < -0.39 is 0 Å². The SMILES string of the molecule is COc1ccc(CN2CCNCC2C2CC2)cc1OC. The molecule has 0 bridgehead atoms. The first kappa shape index (κ1) is 13.7. The number of ether oxygens (including phenoxy) is 2. The van der Waals surface area contributed by atoms with Crippen molar-refractivity contribution in [1.29, 1.82) is 0 Å². The van der Waals surface area contributed by atoms with E-state index in [2.05, 4.69) is 22.3 Å². The molecule has 2 aliphatic rings. The van der Waals surface area contributed by atoms with Crippen LogP contribution in [0.3, 0.4) is 0 Å². The summed E-state index contributed by atoms with van der Waals surface area (Å²) < 4.78 is 10.7. The molecule has 0 spiro atoms. The molecule has 4 heteroatoms. The largest absolute Gasteiger partial charge is 0.493 e. The van der Waals surface area contributed by atoms with Crippen molar-refractivity contribution >= 4 is 0 Å². The van der Waals surface area contributed by atoms with Gasteiger partial charge < -0.3 is 14.8 Å². The molecule has 2 fully saturated rings. The molecule has 0 aromatic heterocycles. The van der Waals surface area contributed by atoms with Gasteiger partial charge in [-0.2, -0.15) is 0 Å². The number of methoxy groups -OCH3 is 2. The van der Waals surface area contributed by atoms with Crippen molar-refractivity contribution in [2.75, 3.05) is 33.9 Å². The topological polar surface area (TPSA) is 33.7 Å². The molecule has 1 unspecified atom stereocenters. The van der Waals surface area contributed by atoms with Crippen LogP contribution >= 0.6 is 0 Å². The lowest BCUT2D eigenvalue weighted by Crippen LogP contribution is -2.51. The zero-order valence-corrected chi connectivity index (χ0v) is 12.4. The summed E-state index contributed by atoms with van der Waals surface area (Å²) in [6.45, 7) is 4.37. The van der Waals surface area contributed by atoms with Gasteiger partial charge in [-0.3, -0.25) is 4.90 Å². The summed E-state index contributed by atoms with van der Waals surface area (Å²) in [7, 11) is 3.37. The lowest BCUT2D eigenvalue weighted by molar-refractivity contribution is 0.135. The molecular formula is C16H24N2O2. The summed E-state index contributed by atoms with van der Waals surface area (Å²) in [6, 6.07) is 6.96. The summed E-state index contributed by atoms with van der Waals surface area (Å²) in [6.07, 6.45) is 2.80. The number of piperazine rings is 1. The van der Waals surface area contributed by atoms with Crippen molar-refractivity contribution in [3.63, 3.8) is 0 Å². The van der Waals surface area contributed by atoms with Crippen molar-refractivity contribution in [2.24, 2.45) is 5.92 Å². The van der Waals surface area contributed by atoms with Crippen LogP contribution < -0.4 is 14.8 Å². The molecule has 1 saturated carbocycles. The highest BCUT2D eigenvalue weighted by molar-refractivity contribution is 5.42. The normalized spacial score (nSPS) is 23.6. The Morgan fingerprint density at radius 3 is 2.70 bits per heavy atom. The van der Waals surface area contributed by atoms with Crippen LogP contribution in [0.25, 0.3) is 0 Å². The Kier molecular flexibility index (Phi) is 4.13. The van der Waals surface area contributed by atoms with E-state index in [0.29, 0.717) is 6.04 Å². The molecule has 1 aromatic carbocycles. The van der Waals surface area contributed by atoms with Crippen molar-refractivity contribution in [3.05, 3.63) is 23.8 Å². The van der Waals surface area contributed by atoms with Gasteiger partial charge in [-0.05, 0) is 36.5 Å². The molecule has 110 valence electrons. The van der Waals surface area contributed by atoms with Gasteiger partial charge in [-0.25, -0.2) is 0 Å². The van der Waals surface area contributed by atoms with Crippen molar-refractivity contribution < 1.29 is 9.47 Å². The monoisotopic (exact) mass is 276 g/mol. The number of nitrogens with zero attached hydrogens (tertiary/aromatic N) is 1. The van der Waals surface area contributed by atoms with E-state index in [1.54, 1.807) is 14.2 Å². The molecule has 1 atom stereocenters. The lowest BCUT2D eigenvalue weighted by atomic mass is 10.1. The van der Waals surface area contributed by atoms with Crippen molar-refractivity contribution in [1.82, 2.24) is 10.2 Å². The van der Waals surface area contributed by atoms with Crippen molar-refractivity contribution in [2.45, 2.75) is 25.4 Å².